The van der Waals surface area contributed by atoms with Crippen LogP contribution in [0.25, 0.3) is 0 Å². The molecule has 2 rings (SSSR count). The van der Waals surface area contributed by atoms with Crippen LogP contribution in [0.4, 0.5) is 0 Å². The lowest BCUT2D eigenvalue weighted by atomic mass is 9.99. The van der Waals surface area contributed by atoms with E-state index in [-0.39, 0.29) is 6.04 Å². The fraction of sp³-hybridized carbons (Fsp3) is 0.333. The van der Waals surface area contributed by atoms with E-state index in [2.05, 4.69) is 52.6 Å². The molecule has 4 heteroatoms. The third-order valence-electron chi connectivity index (χ3n) is 3.08. The molecule has 19 heavy (non-hydrogen) atoms. The Labute approximate surface area is 132 Å². The van der Waals surface area contributed by atoms with Crippen LogP contribution < -0.4 is 5.32 Å². The first-order valence-electron chi connectivity index (χ1n) is 6.35. The van der Waals surface area contributed by atoms with Crippen molar-refractivity contribution in [3.05, 3.63) is 55.1 Å². The van der Waals surface area contributed by atoms with E-state index in [0.29, 0.717) is 0 Å². The Balaban J connectivity index is 2.40. The minimum atomic E-state index is 0.173. The van der Waals surface area contributed by atoms with E-state index in [1.165, 1.54) is 10.4 Å². The lowest BCUT2D eigenvalue weighted by molar-refractivity contribution is 0.598. The van der Waals surface area contributed by atoms with Gasteiger partial charge in [-0.1, -0.05) is 40.5 Å². The number of halogens is 2. The molecule has 0 amide bonds. The second-order valence-electron chi connectivity index (χ2n) is 4.49. The summed E-state index contributed by atoms with van der Waals surface area (Å²) in [5.41, 5.74) is 2.46. The molecule has 1 nitrogen and oxygen atoms in total. The molecule has 0 aliphatic rings. The molecule has 0 bridgehead atoms. The minimum absolute atomic E-state index is 0.173. The summed E-state index contributed by atoms with van der Waals surface area (Å²) in [6.45, 7) is 5.31. The number of thiophene rings is 1. The van der Waals surface area contributed by atoms with Crippen molar-refractivity contribution in [2.45, 2.75) is 26.3 Å². The van der Waals surface area contributed by atoms with E-state index in [1.54, 1.807) is 11.3 Å². The van der Waals surface area contributed by atoms with Crippen molar-refractivity contribution >= 4 is 38.9 Å². The normalized spacial score (nSPS) is 12.6. The first-order chi connectivity index (χ1) is 9.13. The molecule has 0 saturated carbocycles. The van der Waals surface area contributed by atoms with E-state index in [4.69, 9.17) is 11.6 Å². The van der Waals surface area contributed by atoms with Gasteiger partial charge in [0.1, 0.15) is 0 Å². The summed E-state index contributed by atoms with van der Waals surface area (Å²) in [6, 6.07) is 8.46. The molecule has 1 aromatic heterocycles. The van der Waals surface area contributed by atoms with Gasteiger partial charge < -0.3 is 5.32 Å². The summed E-state index contributed by atoms with van der Waals surface area (Å²) in [5, 5.41) is 6.53. The van der Waals surface area contributed by atoms with Gasteiger partial charge in [0, 0.05) is 14.4 Å². The summed E-state index contributed by atoms with van der Waals surface area (Å²) in [6.07, 6.45) is 1.10. The van der Waals surface area contributed by atoms with Crippen molar-refractivity contribution in [3.8, 4) is 0 Å². The van der Waals surface area contributed by atoms with Crippen LogP contribution in [0.1, 0.15) is 35.4 Å². The Bertz CT molecular complexity index is 553. The standard InChI is InChI=1S/C15H17BrClNS/c1-3-7-18-15(12-6-8-19-10(12)2)13-5-4-11(16)9-14(13)17/h4-6,8-9,15,18H,3,7H2,1-2H3. The summed E-state index contributed by atoms with van der Waals surface area (Å²) in [5.74, 6) is 0. The van der Waals surface area contributed by atoms with Crippen LogP contribution in [0.5, 0.6) is 0 Å². The minimum Gasteiger partial charge on any atom is -0.306 e. The highest BCUT2D eigenvalue weighted by molar-refractivity contribution is 9.10. The SMILES string of the molecule is CCCNC(c1ccc(Br)cc1Cl)c1ccsc1C. The summed E-state index contributed by atoms with van der Waals surface area (Å²) in [7, 11) is 0. The van der Waals surface area contributed by atoms with Crippen LogP contribution >= 0.6 is 38.9 Å². The van der Waals surface area contributed by atoms with Crippen molar-refractivity contribution in [1.82, 2.24) is 5.32 Å². The number of hydrogen-bond acceptors (Lipinski definition) is 2. The number of nitrogens with one attached hydrogen (secondary N) is 1. The van der Waals surface area contributed by atoms with E-state index >= 15 is 0 Å². The number of aryl methyl sites for hydroxylation is 1. The zero-order valence-corrected chi connectivity index (χ0v) is 14.2. The van der Waals surface area contributed by atoms with Gasteiger partial charge in [-0.3, -0.25) is 0 Å². The molecule has 0 aliphatic heterocycles. The van der Waals surface area contributed by atoms with Gasteiger partial charge in [-0.05, 0) is 54.6 Å². The zero-order chi connectivity index (χ0) is 13.8. The summed E-state index contributed by atoms with van der Waals surface area (Å²) < 4.78 is 1.01. The number of benzene rings is 1. The maximum Gasteiger partial charge on any atom is 0.0602 e. The lowest BCUT2D eigenvalue weighted by Gasteiger charge is -2.20. The van der Waals surface area contributed by atoms with Gasteiger partial charge in [-0.25, -0.2) is 0 Å². The Hall–Kier alpha value is -0.350. The number of rotatable bonds is 5. The molecule has 1 N–H and O–H groups in total. The molecule has 0 saturated heterocycles. The third kappa shape index (κ3) is 3.60. The van der Waals surface area contributed by atoms with Crippen molar-refractivity contribution in [2.75, 3.05) is 6.54 Å². The first kappa shape index (κ1) is 15.0. The molecule has 0 aliphatic carbocycles. The predicted octanol–water partition coefficient (Wildman–Crippen LogP) is 5.56. The largest absolute Gasteiger partial charge is 0.306 e. The molecule has 102 valence electrons. The number of hydrogen-bond donors (Lipinski definition) is 1. The Morgan fingerprint density at radius 3 is 2.68 bits per heavy atom. The van der Waals surface area contributed by atoms with Crippen LogP contribution in [0.15, 0.2) is 34.1 Å². The molecular formula is C15H17BrClNS. The Morgan fingerprint density at radius 2 is 2.11 bits per heavy atom. The van der Waals surface area contributed by atoms with Crippen molar-refractivity contribution < 1.29 is 0 Å². The van der Waals surface area contributed by atoms with Gasteiger partial charge in [-0.2, -0.15) is 0 Å². The fourth-order valence-corrected chi connectivity index (χ4v) is 3.63. The van der Waals surface area contributed by atoms with Crippen LogP contribution in [0.2, 0.25) is 5.02 Å². The van der Waals surface area contributed by atoms with Crippen LogP contribution in [-0.4, -0.2) is 6.54 Å². The molecule has 1 atom stereocenters. The summed E-state index contributed by atoms with van der Waals surface area (Å²) >= 11 is 11.6. The monoisotopic (exact) mass is 357 g/mol. The zero-order valence-electron chi connectivity index (χ0n) is 11.0. The first-order valence-corrected chi connectivity index (χ1v) is 8.41. The molecule has 0 spiro atoms. The second-order valence-corrected chi connectivity index (χ2v) is 6.93. The molecule has 2 aromatic rings. The third-order valence-corrected chi connectivity index (χ3v) is 4.76. The van der Waals surface area contributed by atoms with Gasteiger partial charge in [-0.15, -0.1) is 11.3 Å². The van der Waals surface area contributed by atoms with Crippen LogP contribution in [0, 0.1) is 6.92 Å². The Morgan fingerprint density at radius 1 is 1.32 bits per heavy atom. The highest BCUT2D eigenvalue weighted by Gasteiger charge is 2.18. The molecule has 1 unspecified atom stereocenters. The maximum atomic E-state index is 6.41. The van der Waals surface area contributed by atoms with Gasteiger partial charge in [0.2, 0.25) is 0 Å². The molecular weight excluding hydrogens is 342 g/mol. The average Bonchev–Trinajstić information content (AvgIpc) is 2.78. The van der Waals surface area contributed by atoms with E-state index in [9.17, 15) is 0 Å². The van der Waals surface area contributed by atoms with Gasteiger partial charge in [0.25, 0.3) is 0 Å². The molecule has 0 fully saturated rings. The van der Waals surface area contributed by atoms with E-state index in [1.807, 2.05) is 12.1 Å². The highest BCUT2D eigenvalue weighted by Crippen LogP contribution is 2.33. The topological polar surface area (TPSA) is 12.0 Å². The van der Waals surface area contributed by atoms with Crippen molar-refractivity contribution in [3.63, 3.8) is 0 Å². The van der Waals surface area contributed by atoms with Crippen LogP contribution in [0.3, 0.4) is 0 Å². The highest BCUT2D eigenvalue weighted by atomic mass is 79.9. The predicted molar refractivity (Wildman–Crippen MR) is 88.3 cm³/mol. The fourth-order valence-electron chi connectivity index (χ4n) is 2.11. The summed E-state index contributed by atoms with van der Waals surface area (Å²) in [4.78, 5) is 1.34. The quantitative estimate of drug-likeness (QED) is 0.737. The smallest absolute Gasteiger partial charge is 0.0602 e. The molecule has 1 aromatic carbocycles. The lowest BCUT2D eigenvalue weighted by Crippen LogP contribution is -2.23. The average molecular weight is 359 g/mol. The van der Waals surface area contributed by atoms with Crippen molar-refractivity contribution in [1.29, 1.82) is 0 Å². The van der Waals surface area contributed by atoms with Gasteiger partial charge in [0.15, 0.2) is 0 Å². The maximum absolute atomic E-state index is 6.41. The van der Waals surface area contributed by atoms with E-state index in [0.717, 1.165) is 28.0 Å². The van der Waals surface area contributed by atoms with Crippen molar-refractivity contribution in [2.24, 2.45) is 0 Å². The second kappa shape index (κ2) is 6.89. The van der Waals surface area contributed by atoms with Gasteiger partial charge >= 0.3 is 0 Å². The van der Waals surface area contributed by atoms with Gasteiger partial charge in [0.05, 0.1) is 6.04 Å². The van der Waals surface area contributed by atoms with Crippen LogP contribution in [-0.2, 0) is 0 Å². The molecule has 1 heterocycles. The Kier molecular flexibility index (Phi) is 5.46. The molecule has 0 radical (unpaired) electrons. The van der Waals surface area contributed by atoms with E-state index < -0.39 is 0 Å².